The number of methoxy groups -OCH3 is 1. The molecule has 0 saturated heterocycles. The first kappa shape index (κ1) is 19.0. The zero-order valence-corrected chi connectivity index (χ0v) is 14.4. The molecule has 4 nitrogen and oxygen atoms in total. The molecule has 1 fully saturated rings. The maximum atomic E-state index is 12.3. The Morgan fingerprint density at radius 2 is 1.68 bits per heavy atom. The highest BCUT2D eigenvalue weighted by atomic mass is 16.5. The van der Waals surface area contributed by atoms with Crippen molar-refractivity contribution in [3.05, 3.63) is 0 Å². The van der Waals surface area contributed by atoms with Crippen LogP contribution in [0.25, 0.3) is 0 Å². The van der Waals surface area contributed by atoms with Gasteiger partial charge in [-0.15, -0.1) is 0 Å². The summed E-state index contributed by atoms with van der Waals surface area (Å²) in [5, 5.41) is 2.93. The molecule has 128 valence electrons. The van der Waals surface area contributed by atoms with Crippen molar-refractivity contribution in [1.82, 2.24) is 5.32 Å². The summed E-state index contributed by atoms with van der Waals surface area (Å²) in [5.74, 6) is -0.177. The number of rotatable bonds is 10. The number of unbranched alkanes of at least 4 members (excludes halogenated alkanes) is 5. The third-order valence-electron chi connectivity index (χ3n) is 4.62. The molecule has 1 N–H and O–H groups in total. The summed E-state index contributed by atoms with van der Waals surface area (Å²) in [6.07, 6.45) is 13.1. The second-order valence-corrected chi connectivity index (χ2v) is 6.48. The largest absolute Gasteiger partial charge is 0.467 e. The Bertz CT molecular complexity index is 324. The predicted molar refractivity (Wildman–Crippen MR) is 88.5 cm³/mol. The smallest absolute Gasteiger partial charge is 0.328 e. The van der Waals surface area contributed by atoms with Gasteiger partial charge in [0, 0.05) is 5.92 Å². The highest BCUT2D eigenvalue weighted by molar-refractivity contribution is 5.85. The number of esters is 1. The van der Waals surface area contributed by atoms with E-state index in [1.165, 1.54) is 39.2 Å². The Morgan fingerprint density at radius 1 is 1.05 bits per heavy atom. The molecule has 0 aromatic heterocycles. The maximum absolute atomic E-state index is 12.3. The Balaban J connectivity index is 2.33. The monoisotopic (exact) mass is 311 g/mol. The molecule has 1 aliphatic carbocycles. The Morgan fingerprint density at radius 3 is 2.32 bits per heavy atom. The van der Waals surface area contributed by atoms with E-state index in [9.17, 15) is 9.59 Å². The van der Waals surface area contributed by atoms with Gasteiger partial charge in [-0.1, -0.05) is 64.7 Å². The van der Waals surface area contributed by atoms with Crippen molar-refractivity contribution in [2.45, 2.75) is 90.0 Å². The van der Waals surface area contributed by atoms with Gasteiger partial charge in [0.25, 0.3) is 0 Å². The second-order valence-electron chi connectivity index (χ2n) is 6.48. The van der Waals surface area contributed by atoms with E-state index in [4.69, 9.17) is 4.74 Å². The van der Waals surface area contributed by atoms with Crippen molar-refractivity contribution in [1.29, 1.82) is 0 Å². The van der Waals surface area contributed by atoms with Crippen LogP contribution in [-0.4, -0.2) is 25.0 Å². The van der Waals surface area contributed by atoms with E-state index in [1.807, 2.05) is 0 Å². The maximum Gasteiger partial charge on any atom is 0.328 e. The van der Waals surface area contributed by atoms with Gasteiger partial charge in [-0.25, -0.2) is 4.79 Å². The van der Waals surface area contributed by atoms with Gasteiger partial charge >= 0.3 is 5.97 Å². The van der Waals surface area contributed by atoms with Crippen LogP contribution in [0.1, 0.15) is 84.0 Å². The van der Waals surface area contributed by atoms with Crippen LogP contribution in [0.3, 0.4) is 0 Å². The first-order valence-electron chi connectivity index (χ1n) is 9.07. The molecular formula is C18H33NO3. The van der Waals surface area contributed by atoms with E-state index in [1.54, 1.807) is 0 Å². The van der Waals surface area contributed by atoms with Gasteiger partial charge in [0.2, 0.25) is 5.91 Å². The molecule has 0 bridgehead atoms. The SMILES string of the molecule is CCCCCCCC[C@H](NC(=O)C1CCCCC1)C(=O)OC. The highest BCUT2D eigenvalue weighted by Gasteiger charge is 2.26. The molecule has 1 saturated carbocycles. The van der Waals surface area contributed by atoms with Crippen LogP contribution in [0.5, 0.6) is 0 Å². The molecule has 0 radical (unpaired) electrons. The summed E-state index contributed by atoms with van der Waals surface area (Å²) in [4.78, 5) is 24.1. The Hall–Kier alpha value is -1.06. The van der Waals surface area contributed by atoms with Crippen LogP contribution < -0.4 is 5.32 Å². The zero-order valence-electron chi connectivity index (χ0n) is 14.4. The minimum atomic E-state index is -0.467. The van der Waals surface area contributed by atoms with E-state index < -0.39 is 6.04 Å². The third-order valence-corrected chi connectivity index (χ3v) is 4.62. The first-order chi connectivity index (χ1) is 10.7. The molecule has 1 amide bonds. The summed E-state index contributed by atoms with van der Waals surface area (Å²) in [6, 6.07) is -0.467. The molecule has 1 aliphatic rings. The molecular weight excluding hydrogens is 278 g/mol. The van der Waals surface area contributed by atoms with Crippen molar-refractivity contribution < 1.29 is 14.3 Å². The van der Waals surface area contributed by atoms with Gasteiger partial charge in [0.05, 0.1) is 7.11 Å². The second kappa shape index (κ2) is 11.5. The van der Waals surface area contributed by atoms with Crippen molar-refractivity contribution >= 4 is 11.9 Å². The molecule has 1 atom stereocenters. The van der Waals surface area contributed by atoms with E-state index in [2.05, 4.69) is 12.2 Å². The number of hydrogen-bond donors (Lipinski definition) is 1. The van der Waals surface area contributed by atoms with Gasteiger partial charge in [-0.3, -0.25) is 4.79 Å². The van der Waals surface area contributed by atoms with Crippen LogP contribution in [0.4, 0.5) is 0 Å². The van der Waals surface area contributed by atoms with Crippen LogP contribution in [0.15, 0.2) is 0 Å². The van der Waals surface area contributed by atoms with Crippen molar-refractivity contribution in [3.8, 4) is 0 Å². The number of nitrogens with one attached hydrogen (secondary N) is 1. The van der Waals surface area contributed by atoms with Crippen LogP contribution in [-0.2, 0) is 14.3 Å². The number of carbonyl (C=O) groups is 2. The van der Waals surface area contributed by atoms with Gasteiger partial charge in [-0.2, -0.15) is 0 Å². The van der Waals surface area contributed by atoms with Crippen LogP contribution in [0.2, 0.25) is 0 Å². The summed E-state index contributed by atoms with van der Waals surface area (Å²) in [6.45, 7) is 2.20. The molecule has 0 unspecified atom stereocenters. The van der Waals surface area contributed by atoms with Crippen molar-refractivity contribution in [3.63, 3.8) is 0 Å². The van der Waals surface area contributed by atoms with E-state index in [0.29, 0.717) is 6.42 Å². The average molecular weight is 311 g/mol. The van der Waals surface area contributed by atoms with Crippen LogP contribution in [0, 0.1) is 5.92 Å². The standard InChI is InChI=1S/C18H33NO3/c1-3-4-5-6-7-11-14-16(18(21)22-2)19-17(20)15-12-9-8-10-13-15/h15-16H,3-14H2,1-2H3,(H,19,20)/t16-/m0/s1. The lowest BCUT2D eigenvalue weighted by atomic mass is 9.88. The molecule has 1 rings (SSSR count). The molecule has 22 heavy (non-hydrogen) atoms. The van der Waals surface area contributed by atoms with Gasteiger partial charge in [-0.05, 0) is 19.3 Å². The number of carbonyl (C=O) groups excluding carboxylic acids is 2. The third kappa shape index (κ3) is 7.28. The van der Waals surface area contributed by atoms with E-state index >= 15 is 0 Å². The molecule has 0 aliphatic heterocycles. The fraction of sp³-hybridized carbons (Fsp3) is 0.889. The lowest BCUT2D eigenvalue weighted by Gasteiger charge is -2.23. The molecule has 0 aromatic carbocycles. The number of amides is 1. The van der Waals surface area contributed by atoms with Gasteiger partial charge in [0.1, 0.15) is 6.04 Å². The molecule has 0 heterocycles. The lowest BCUT2D eigenvalue weighted by molar-refractivity contribution is -0.146. The zero-order chi connectivity index (χ0) is 16.2. The van der Waals surface area contributed by atoms with Crippen LogP contribution >= 0.6 is 0 Å². The van der Waals surface area contributed by atoms with Crippen molar-refractivity contribution in [2.75, 3.05) is 7.11 Å². The van der Waals surface area contributed by atoms with Gasteiger partial charge < -0.3 is 10.1 Å². The minimum absolute atomic E-state index is 0.0427. The summed E-state index contributed by atoms with van der Waals surface area (Å²) < 4.78 is 4.84. The Kier molecular flexibility index (Phi) is 9.93. The Labute approximate surface area is 135 Å². The quantitative estimate of drug-likeness (QED) is 0.490. The fourth-order valence-corrected chi connectivity index (χ4v) is 3.17. The highest BCUT2D eigenvalue weighted by Crippen LogP contribution is 2.24. The topological polar surface area (TPSA) is 55.4 Å². The normalized spacial score (nSPS) is 17.0. The first-order valence-corrected chi connectivity index (χ1v) is 9.07. The minimum Gasteiger partial charge on any atom is -0.467 e. The fourth-order valence-electron chi connectivity index (χ4n) is 3.17. The number of ether oxygens (including phenoxy) is 1. The van der Waals surface area contributed by atoms with Crippen molar-refractivity contribution in [2.24, 2.45) is 5.92 Å². The lowest BCUT2D eigenvalue weighted by Crippen LogP contribution is -2.44. The molecule has 4 heteroatoms. The summed E-state index contributed by atoms with van der Waals surface area (Å²) in [7, 11) is 1.39. The molecule has 0 spiro atoms. The number of hydrogen-bond acceptors (Lipinski definition) is 3. The predicted octanol–water partition coefficient (Wildman–Crippen LogP) is 3.98. The summed E-state index contributed by atoms with van der Waals surface area (Å²) >= 11 is 0. The van der Waals surface area contributed by atoms with E-state index in [0.717, 1.165) is 38.5 Å². The van der Waals surface area contributed by atoms with E-state index in [-0.39, 0.29) is 17.8 Å². The van der Waals surface area contributed by atoms with Gasteiger partial charge in [0.15, 0.2) is 0 Å². The summed E-state index contributed by atoms with van der Waals surface area (Å²) in [5.41, 5.74) is 0. The molecule has 0 aromatic rings. The average Bonchev–Trinajstić information content (AvgIpc) is 2.56.